The Labute approximate surface area is 129 Å². The first kappa shape index (κ1) is 14.1. The fourth-order valence-corrected chi connectivity index (χ4v) is 4.27. The topological polar surface area (TPSA) is 36.4 Å². The predicted octanol–water partition coefficient (Wildman–Crippen LogP) is 3.14. The average molecular weight is 300 g/mol. The van der Waals surface area contributed by atoms with Gasteiger partial charge in [-0.05, 0) is 61.1 Å². The van der Waals surface area contributed by atoms with Crippen molar-refractivity contribution in [3.05, 3.63) is 41.8 Å². The Balaban J connectivity index is 1.71. The molecule has 3 aliphatic rings. The summed E-state index contributed by atoms with van der Waals surface area (Å²) in [6, 6.07) is 6.55. The third kappa shape index (κ3) is 2.22. The van der Waals surface area contributed by atoms with Crippen LogP contribution in [0, 0.1) is 17.7 Å². The van der Waals surface area contributed by atoms with Gasteiger partial charge >= 0.3 is 0 Å². The zero-order chi connectivity index (χ0) is 15.3. The van der Waals surface area contributed by atoms with Crippen molar-refractivity contribution in [3.63, 3.8) is 0 Å². The molecule has 116 valence electrons. The quantitative estimate of drug-likeness (QED) is 0.925. The van der Waals surface area contributed by atoms with Crippen LogP contribution >= 0.6 is 0 Å². The van der Waals surface area contributed by atoms with Crippen LogP contribution in [0.4, 0.5) is 4.39 Å². The van der Waals surface area contributed by atoms with Crippen molar-refractivity contribution < 1.29 is 9.50 Å². The smallest absolute Gasteiger partial charge is 0.123 e. The SMILES string of the molecule is CC1CN2CCC1CC2[C@H](O)c1ccnc2ccc(F)cc12. The van der Waals surface area contributed by atoms with Gasteiger partial charge in [0.1, 0.15) is 5.82 Å². The fraction of sp³-hybridized carbons (Fsp3) is 0.500. The molecule has 3 saturated heterocycles. The van der Waals surface area contributed by atoms with Gasteiger partial charge in [-0.1, -0.05) is 6.92 Å². The van der Waals surface area contributed by atoms with E-state index in [1.807, 2.05) is 6.07 Å². The van der Waals surface area contributed by atoms with Gasteiger partial charge in [-0.25, -0.2) is 4.39 Å². The first-order chi connectivity index (χ1) is 10.6. The minimum Gasteiger partial charge on any atom is -0.387 e. The highest BCUT2D eigenvalue weighted by molar-refractivity contribution is 5.82. The molecule has 3 nitrogen and oxygen atoms in total. The van der Waals surface area contributed by atoms with Crippen LogP contribution in [0.3, 0.4) is 0 Å². The molecule has 4 heterocycles. The maximum absolute atomic E-state index is 13.6. The number of aliphatic hydroxyl groups is 1. The first-order valence-corrected chi connectivity index (χ1v) is 8.10. The van der Waals surface area contributed by atoms with Crippen molar-refractivity contribution >= 4 is 10.9 Å². The Morgan fingerprint density at radius 1 is 1.36 bits per heavy atom. The van der Waals surface area contributed by atoms with Gasteiger partial charge in [-0.3, -0.25) is 9.88 Å². The van der Waals surface area contributed by atoms with Crippen LogP contribution in [0.5, 0.6) is 0 Å². The van der Waals surface area contributed by atoms with E-state index in [-0.39, 0.29) is 11.9 Å². The lowest BCUT2D eigenvalue weighted by Gasteiger charge is -2.50. The minimum absolute atomic E-state index is 0.142. The monoisotopic (exact) mass is 300 g/mol. The van der Waals surface area contributed by atoms with Gasteiger partial charge in [-0.15, -0.1) is 0 Å². The molecular formula is C18H21FN2O. The fourth-order valence-electron chi connectivity index (χ4n) is 4.27. The molecule has 1 aromatic carbocycles. The van der Waals surface area contributed by atoms with Gasteiger partial charge in [0.15, 0.2) is 0 Å². The largest absolute Gasteiger partial charge is 0.387 e. The number of hydrogen-bond donors (Lipinski definition) is 1. The van der Waals surface area contributed by atoms with Gasteiger partial charge in [0.05, 0.1) is 11.6 Å². The number of benzene rings is 1. The average Bonchev–Trinajstić information content (AvgIpc) is 2.54. The molecule has 0 saturated carbocycles. The van der Waals surface area contributed by atoms with E-state index < -0.39 is 6.10 Å². The number of aromatic nitrogens is 1. The van der Waals surface area contributed by atoms with Crippen LogP contribution < -0.4 is 0 Å². The summed E-state index contributed by atoms with van der Waals surface area (Å²) in [5, 5.41) is 11.7. The van der Waals surface area contributed by atoms with E-state index in [0.29, 0.717) is 11.8 Å². The molecule has 0 amide bonds. The number of halogens is 1. The number of fused-ring (bicyclic) bond motifs is 4. The van der Waals surface area contributed by atoms with Crippen molar-refractivity contribution in [2.24, 2.45) is 11.8 Å². The third-order valence-electron chi connectivity index (χ3n) is 5.55. The normalized spacial score (nSPS) is 32.3. The van der Waals surface area contributed by atoms with Crippen LogP contribution in [-0.4, -0.2) is 34.1 Å². The molecule has 3 fully saturated rings. The molecule has 0 radical (unpaired) electrons. The number of piperidine rings is 3. The molecule has 0 aliphatic carbocycles. The molecule has 1 aromatic heterocycles. The Hall–Kier alpha value is -1.52. The van der Waals surface area contributed by atoms with E-state index in [9.17, 15) is 9.50 Å². The highest BCUT2D eigenvalue weighted by Crippen LogP contribution is 2.41. The van der Waals surface area contributed by atoms with Crippen molar-refractivity contribution in [2.75, 3.05) is 13.1 Å². The lowest BCUT2D eigenvalue weighted by atomic mass is 9.74. The molecule has 3 aliphatic heterocycles. The molecular weight excluding hydrogens is 279 g/mol. The summed E-state index contributed by atoms with van der Waals surface area (Å²) in [7, 11) is 0. The molecule has 4 heteroatoms. The van der Waals surface area contributed by atoms with Gasteiger partial charge in [0, 0.05) is 24.2 Å². The van der Waals surface area contributed by atoms with E-state index in [2.05, 4.69) is 16.8 Å². The number of aliphatic hydroxyl groups excluding tert-OH is 1. The van der Waals surface area contributed by atoms with Gasteiger partial charge < -0.3 is 5.11 Å². The summed E-state index contributed by atoms with van der Waals surface area (Å²) >= 11 is 0. The summed E-state index contributed by atoms with van der Waals surface area (Å²) in [4.78, 5) is 6.68. The number of pyridine rings is 1. The van der Waals surface area contributed by atoms with Crippen LogP contribution in [0.2, 0.25) is 0 Å². The standard InChI is InChI=1S/C18H21FN2O/c1-11-10-21-7-5-12(11)8-17(21)18(22)14-4-6-20-16-3-2-13(19)9-15(14)16/h2-4,6,9,11-12,17-18,22H,5,7-8,10H2,1H3/t11?,12?,17?,18-/m1/s1. The number of rotatable bonds is 2. The maximum Gasteiger partial charge on any atom is 0.123 e. The van der Waals surface area contributed by atoms with Crippen LogP contribution in [0.1, 0.15) is 31.4 Å². The van der Waals surface area contributed by atoms with Crippen LogP contribution in [0.25, 0.3) is 10.9 Å². The summed E-state index contributed by atoms with van der Waals surface area (Å²) in [5.41, 5.74) is 1.54. The maximum atomic E-state index is 13.6. The second kappa shape index (κ2) is 5.28. The van der Waals surface area contributed by atoms with Crippen LogP contribution in [-0.2, 0) is 0 Å². The van der Waals surface area contributed by atoms with Crippen molar-refractivity contribution in [2.45, 2.75) is 31.9 Å². The minimum atomic E-state index is -0.581. The van der Waals surface area contributed by atoms with Crippen LogP contribution in [0.15, 0.2) is 30.5 Å². The Morgan fingerprint density at radius 2 is 2.23 bits per heavy atom. The Kier molecular flexibility index (Phi) is 3.39. The van der Waals surface area contributed by atoms with Crippen molar-refractivity contribution in [1.29, 1.82) is 0 Å². The summed E-state index contributed by atoms with van der Waals surface area (Å²) in [5.74, 6) is 1.13. The van der Waals surface area contributed by atoms with E-state index in [1.54, 1.807) is 12.3 Å². The zero-order valence-corrected chi connectivity index (χ0v) is 12.7. The van der Waals surface area contributed by atoms with E-state index in [1.165, 1.54) is 18.6 Å². The summed E-state index contributed by atoms with van der Waals surface area (Å²) in [6.45, 7) is 4.43. The molecule has 2 bridgehead atoms. The van der Waals surface area contributed by atoms with E-state index in [0.717, 1.165) is 36.0 Å². The van der Waals surface area contributed by atoms with Crippen molar-refractivity contribution in [3.8, 4) is 0 Å². The van der Waals surface area contributed by atoms with Gasteiger partial charge in [-0.2, -0.15) is 0 Å². The molecule has 4 unspecified atom stereocenters. The van der Waals surface area contributed by atoms with E-state index >= 15 is 0 Å². The zero-order valence-electron chi connectivity index (χ0n) is 12.7. The Morgan fingerprint density at radius 3 is 2.95 bits per heavy atom. The molecule has 0 spiro atoms. The lowest BCUT2D eigenvalue weighted by molar-refractivity contribution is -0.0510. The molecule has 5 rings (SSSR count). The molecule has 22 heavy (non-hydrogen) atoms. The summed E-state index contributed by atoms with van der Waals surface area (Å²) in [6.07, 6.45) is 3.39. The molecule has 2 aromatic rings. The van der Waals surface area contributed by atoms with Crippen molar-refractivity contribution in [1.82, 2.24) is 9.88 Å². The second-order valence-electron chi connectivity index (χ2n) is 6.83. The number of hydrogen-bond acceptors (Lipinski definition) is 3. The Bertz CT molecular complexity index is 705. The predicted molar refractivity (Wildman–Crippen MR) is 83.9 cm³/mol. The summed E-state index contributed by atoms with van der Waals surface area (Å²) < 4.78 is 13.6. The first-order valence-electron chi connectivity index (χ1n) is 8.10. The lowest BCUT2D eigenvalue weighted by Crippen LogP contribution is -2.54. The highest BCUT2D eigenvalue weighted by Gasteiger charge is 2.41. The highest BCUT2D eigenvalue weighted by atomic mass is 19.1. The number of nitrogens with zero attached hydrogens (tertiary/aromatic N) is 2. The third-order valence-corrected chi connectivity index (χ3v) is 5.55. The molecule has 5 atom stereocenters. The van der Waals surface area contributed by atoms with Gasteiger partial charge in [0.25, 0.3) is 0 Å². The van der Waals surface area contributed by atoms with Gasteiger partial charge in [0.2, 0.25) is 0 Å². The second-order valence-corrected chi connectivity index (χ2v) is 6.83. The van der Waals surface area contributed by atoms with E-state index in [4.69, 9.17) is 0 Å². The molecule has 1 N–H and O–H groups in total.